The molecule has 1 saturated heterocycles. The Kier molecular flexibility index (Phi) is 2.86. The van der Waals surface area contributed by atoms with Gasteiger partial charge < -0.3 is 15.8 Å². The standard InChI is InChI=1S/C10H20N2O/c1-7(8-2-3-13-6-8)12-10-4-9(11)5-10/h7-10,12H,2-6,11H2,1H3. The highest BCUT2D eigenvalue weighted by Gasteiger charge is 2.30. The van der Waals surface area contributed by atoms with Crippen LogP contribution in [0, 0.1) is 5.92 Å². The Balaban J connectivity index is 1.68. The Labute approximate surface area is 80.0 Å². The van der Waals surface area contributed by atoms with Crippen LogP contribution in [0.15, 0.2) is 0 Å². The van der Waals surface area contributed by atoms with E-state index < -0.39 is 0 Å². The highest BCUT2D eigenvalue weighted by molar-refractivity contribution is 4.90. The van der Waals surface area contributed by atoms with E-state index in [0.717, 1.165) is 32.0 Å². The summed E-state index contributed by atoms with van der Waals surface area (Å²) in [6.45, 7) is 4.15. The van der Waals surface area contributed by atoms with Gasteiger partial charge in [0.1, 0.15) is 0 Å². The zero-order chi connectivity index (χ0) is 9.26. The van der Waals surface area contributed by atoms with E-state index in [2.05, 4.69) is 12.2 Å². The van der Waals surface area contributed by atoms with Gasteiger partial charge in [-0.3, -0.25) is 0 Å². The predicted octanol–water partition coefficient (Wildman–Crippen LogP) is 0.491. The third-order valence-corrected chi connectivity index (χ3v) is 3.35. The van der Waals surface area contributed by atoms with Crippen LogP contribution in [0.4, 0.5) is 0 Å². The topological polar surface area (TPSA) is 47.3 Å². The molecule has 2 aliphatic rings. The van der Waals surface area contributed by atoms with Crippen LogP contribution >= 0.6 is 0 Å². The molecule has 3 N–H and O–H groups in total. The molecule has 1 aliphatic carbocycles. The van der Waals surface area contributed by atoms with Crippen molar-refractivity contribution < 1.29 is 4.74 Å². The summed E-state index contributed by atoms with van der Waals surface area (Å²) in [5.74, 6) is 0.719. The van der Waals surface area contributed by atoms with Gasteiger partial charge in [0.25, 0.3) is 0 Å². The minimum absolute atomic E-state index is 0.449. The Morgan fingerprint density at radius 2 is 2.23 bits per heavy atom. The summed E-state index contributed by atoms with van der Waals surface area (Å²) in [7, 11) is 0. The number of nitrogens with one attached hydrogen (secondary N) is 1. The fourth-order valence-electron chi connectivity index (χ4n) is 2.25. The number of hydrogen-bond donors (Lipinski definition) is 2. The van der Waals surface area contributed by atoms with E-state index in [1.807, 2.05) is 0 Å². The van der Waals surface area contributed by atoms with Crippen LogP contribution in [0.3, 0.4) is 0 Å². The molecule has 1 saturated carbocycles. The van der Waals surface area contributed by atoms with Gasteiger partial charge in [0.15, 0.2) is 0 Å². The molecule has 3 nitrogen and oxygen atoms in total. The largest absolute Gasteiger partial charge is 0.381 e. The Hall–Kier alpha value is -0.120. The van der Waals surface area contributed by atoms with Gasteiger partial charge >= 0.3 is 0 Å². The molecule has 0 radical (unpaired) electrons. The highest BCUT2D eigenvalue weighted by atomic mass is 16.5. The summed E-state index contributed by atoms with van der Waals surface area (Å²) >= 11 is 0. The Bertz CT molecular complexity index is 162. The van der Waals surface area contributed by atoms with Crippen LogP contribution in [-0.2, 0) is 4.74 Å². The SMILES string of the molecule is CC(NC1CC(N)C1)C1CCOC1. The molecule has 1 aliphatic heterocycles. The van der Waals surface area contributed by atoms with Crippen molar-refractivity contribution in [1.82, 2.24) is 5.32 Å². The van der Waals surface area contributed by atoms with Crippen molar-refractivity contribution in [3.63, 3.8) is 0 Å². The monoisotopic (exact) mass is 184 g/mol. The van der Waals surface area contributed by atoms with Crippen molar-refractivity contribution in [2.45, 2.75) is 44.3 Å². The van der Waals surface area contributed by atoms with Crippen molar-refractivity contribution in [2.24, 2.45) is 11.7 Å². The lowest BCUT2D eigenvalue weighted by molar-refractivity contribution is 0.170. The first-order chi connectivity index (χ1) is 6.25. The lowest BCUT2D eigenvalue weighted by Crippen LogP contribution is -2.52. The molecule has 0 amide bonds. The second-order valence-corrected chi connectivity index (χ2v) is 4.51. The van der Waals surface area contributed by atoms with Gasteiger partial charge in [-0.15, -0.1) is 0 Å². The second kappa shape index (κ2) is 3.95. The van der Waals surface area contributed by atoms with Crippen molar-refractivity contribution in [1.29, 1.82) is 0 Å². The van der Waals surface area contributed by atoms with E-state index >= 15 is 0 Å². The molecule has 2 unspecified atom stereocenters. The smallest absolute Gasteiger partial charge is 0.0509 e. The van der Waals surface area contributed by atoms with Crippen molar-refractivity contribution in [3.8, 4) is 0 Å². The zero-order valence-electron chi connectivity index (χ0n) is 8.33. The van der Waals surface area contributed by atoms with Crippen LogP contribution in [0.25, 0.3) is 0 Å². The van der Waals surface area contributed by atoms with Gasteiger partial charge in [0.2, 0.25) is 0 Å². The van der Waals surface area contributed by atoms with Gasteiger partial charge in [0.05, 0.1) is 6.61 Å². The fourth-order valence-corrected chi connectivity index (χ4v) is 2.25. The number of hydrogen-bond acceptors (Lipinski definition) is 3. The van der Waals surface area contributed by atoms with E-state index in [1.165, 1.54) is 6.42 Å². The quantitative estimate of drug-likeness (QED) is 0.671. The van der Waals surface area contributed by atoms with Crippen molar-refractivity contribution in [2.75, 3.05) is 13.2 Å². The molecule has 2 atom stereocenters. The first-order valence-electron chi connectivity index (χ1n) is 5.35. The second-order valence-electron chi connectivity index (χ2n) is 4.51. The molecular weight excluding hydrogens is 164 g/mol. The normalized spacial score (nSPS) is 41.5. The third kappa shape index (κ3) is 2.22. The summed E-state index contributed by atoms with van der Waals surface area (Å²) in [4.78, 5) is 0. The van der Waals surface area contributed by atoms with Gasteiger partial charge in [-0.1, -0.05) is 0 Å². The average Bonchev–Trinajstić information content (AvgIpc) is 2.53. The minimum atomic E-state index is 0.449. The van der Waals surface area contributed by atoms with E-state index in [9.17, 15) is 0 Å². The van der Waals surface area contributed by atoms with Gasteiger partial charge in [0, 0.05) is 24.7 Å². The van der Waals surface area contributed by atoms with Crippen LogP contribution in [0.2, 0.25) is 0 Å². The average molecular weight is 184 g/mol. The van der Waals surface area contributed by atoms with Crippen molar-refractivity contribution in [3.05, 3.63) is 0 Å². The maximum Gasteiger partial charge on any atom is 0.0509 e. The molecule has 0 aromatic rings. The Morgan fingerprint density at radius 3 is 2.77 bits per heavy atom. The molecule has 0 spiro atoms. The van der Waals surface area contributed by atoms with Crippen LogP contribution in [-0.4, -0.2) is 31.3 Å². The molecule has 76 valence electrons. The fraction of sp³-hybridized carbons (Fsp3) is 1.00. The van der Waals surface area contributed by atoms with Gasteiger partial charge in [-0.05, 0) is 32.1 Å². The van der Waals surface area contributed by atoms with E-state index in [0.29, 0.717) is 18.1 Å². The summed E-state index contributed by atoms with van der Waals surface area (Å²) < 4.78 is 5.37. The third-order valence-electron chi connectivity index (χ3n) is 3.35. The maximum absolute atomic E-state index is 5.73. The highest BCUT2D eigenvalue weighted by Crippen LogP contribution is 2.22. The summed E-state index contributed by atoms with van der Waals surface area (Å²) in [6, 6.07) is 1.72. The van der Waals surface area contributed by atoms with E-state index in [-0.39, 0.29) is 0 Å². The van der Waals surface area contributed by atoms with Crippen LogP contribution in [0.5, 0.6) is 0 Å². The number of rotatable bonds is 3. The molecular formula is C10H20N2O. The van der Waals surface area contributed by atoms with E-state index in [1.54, 1.807) is 0 Å². The van der Waals surface area contributed by atoms with Crippen LogP contribution < -0.4 is 11.1 Å². The summed E-state index contributed by atoms with van der Waals surface area (Å²) in [5.41, 5.74) is 5.73. The van der Waals surface area contributed by atoms with Gasteiger partial charge in [-0.25, -0.2) is 0 Å². The molecule has 2 rings (SSSR count). The number of ether oxygens (including phenoxy) is 1. The molecule has 0 aromatic carbocycles. The Morgan fingerprint density at radius 1 is 1.46 bits per heavy atom. The summed E-state index contributed by atoms with van der Waals surface area (Å²) in [6.07, 6.45) is 3.52. The molecule has 0 bridgehead atoms. The van der Waals surface area contributed by atoms with Crippen LogP contribution in [0.1, 0.15) is 26.2 Å². The number of nitrogens with two attached hydrogens (primary N) is 1. The summed E-state index contributed by atoms with van der Waals surface area (Å²) in [5, 5.41) is 3.63. The first-order valence-corrected chi connectivity index (χ1v) is 5.35. The molecule has 1 heterocycles. The molecule has 2 fully saturated rings. The van der Waals surface area contributed by atoms with E-state index in [4.69, 9.17) is 10.5 Å². The first kappa shape index (κ1) is 9.44. The lowest BCUT2D eigenvalue weighted by Gasteiger charge is -2.36. The lowest BCUT2D eigenvalue weighted by atomic mass is 9.86. The zero-order valence-corrected chi connectivity index (χ0v) is 8.33. The molecule has 0 aromatic heterocycles. The maximum atomic E-state index is 5.73. The molecule has 13 heavy (non-hydrogen) atoms. The van der Waals surface area contributed by atoms with Gasteiger partial charge in [-0.2, -0.15) is 0 Å². The molecule has 3 heteroatoms. The minimum Gasteiger partial charge on any atom is -0.381 e. The predicted molar refractivity (Wildman–Crippen MR) is 52.5 cm³/mol. The van der Waals surface area contributed by atoms with Crippen molar-refractivity contribution >= 4 is 0 Å².